The van der Waals surface area contributed by atoms with Crippen LogP contribution in [0.1, 0.15) is 11.3 Å². The van der Waals surface area contributed by atoms with Crippen molar-refractivity contribution in [3.05, 3.63) is 59.9 Å². The second-order valence-corrected chi connectivity index (χ2v) is 3.69. The van der Waals surface area contributed by atoms with E-state index in [0.29, 0.717) is 11.5 Å². The van der Waals surface area contributed by atoms with Gasteiger partial charge in [0.05, 0.1) is 5.69 Å². The SMILES string of the molecule is Cc1ccc(NN=C(N)c2ccccn2)cc1. The molecule has 0 bridgehead atoms. The maximum Gasteiger partial charge on any atom is 0.169 e. The number of hydrogen-bond donors (Lipinski definition) is 2. The molecule has 4 heteroatoms. The van der Waals surface area contributed by atoms with Crippen LogP contribution >= 0.6 is 0 Å². The van der Waals surface area contributed by atoms with Crippen LogP contribution in [0.4, 0.5) is 5.69 Å². The van der Waals surface area contributed by atoms with Crippen LogP contribution in [0.15, 0.2) is 53.8 Å². The van der Waals surface area contributed by atoms with E-state index in [-0.39, 0.29) is 0 Å². The van der Waals surface area contributed by atoms with Crippen LogP contribution in [-0.4, -0.2) is 10.8 Å². The molecule has 0 spiro atoms. The number of benzene rings is 1. The third kappa shape index (κ3) is 3.04. The molecule has 0 amide bonds. The molecule has 0 saturated heterocycles. The fraction of sp³-hybridized carbons (Fsp3) is 0.0769. The van der Waals surface area contributed by atoms with E-state index in [0.717, 1.165) is 5.69 Å². The highest BCUT2D eigenvalue weighted by Gasteiger charge is 1.97. The number of anilines is 1. The minimum absolute atomic E-state index is 0.367. The van der Waals surface area contributed by atoms with E-state index >= 15 is 0 Å². The monoisotopic (exact) mass is 226 g/mol. The van der Waals surface area contributed by atoms with Crippen molar-refractivity contribution in [2.45, 2.75) is 6.92 Å². The minimum atomic E-state index is 0.367. The van der Waals surface area contributed by atoms with Crippen LogP contribution < -0.4 is 11.2 Å². The van der Waals surface area contributed by atoms with Crippen molar-refractivity contribution in [3.8, 4) is 0 Å². The fourth-order valence-electron chi connectivity index (χ4n) is 1.32. The van der Waals surface area contributed by atoms with Gasteiger partial charge in [-0.25, -0.2) is 0 Å². The summed E-state index contributed by atoms with van der Waals surface area (Å²) in [6.07, 6.45) is 1.68. The molecule has 2 rings (SSSR count). The van der Waals surface area contributed by atoms with Gasteiger partial charge in [-0.2, -0.15) is 5.10 Å². The van der Waals surface area contributed by atoms with Crippen LogP contribution in [0.2, 0.25) is 0 Å². The maximum atomic E-state index is 5.80. The van der Waals surface area contributed by atoms with Crippen molar-refractivity contribution in [1.82, 2.24) is 4.98 Å². The third-order valence-electron chi connectivity index (χ3n) is 2.28. The summed E-state index contributed by atoms with van der Waals surface area (Å²) in [5.74, 6) is 0.367. The Kier molecular flexibility index (Phi) is 3.35. The Morgan fingerprint density at radius 1 is 1.18 bits per heavy atom. The molecule has 0 fully saturated rings. The lowest BCUT2D eigenvalue weighted by Gasteiger charge is -2.02. The molecule has 3 N–H and O–H groups in total. The molecular weight excluding hydrogens is 212 g/mol. The Bertz CT molecular complexity index is 503. The van der Waals surface area contributed by atoms with E-state index < -0.39 is 0 Å². The number of nitrogens with one attached hydrogen (secondary N) is 1. The van der Waals surface area contributed by atoms with E-state index in [2.05, 4.69) is 15.5 Å². The summed E-state index contributed by atoms with van der Waals surface area (Å²) in [5.41, 5.74) is 11.5. The molecule has 0 aliphatic rings. The molecule has 0 radical (unpaired) electrons. The molecule has 1 heterocycles. The first-order valence-electron chi connectivity index (χ1n) is 5.33. The Morgan fingerprint density at radius 2 is 1.94 bits per heavy atom. The number of nitrogens with two attached hydrogens (primary N) is 1. The van der Waals surface area contributed by atoms with Crippen LogP contribution in [0.5, 0.6) is 0 Å². The molecule has 0 saturated carbocycles. The van der Waals surface area contributed by atoms with Crippen molar-refractivity contribution in [2.75, 3.05) is 5.43 Å². The summed E-state index contributed by atoms with van der Waals surface area (Å²) in [7, 11) is 0. The van der Waals surface area contributed by atoms with E-state index in [4.69, 9.17) is 5.73 Å². The summed E-state index contributed by atoms with van der Waals surface area (Å²) in [6.45, 7) is 2.04. The topological polar surface area (TPSA) is 63.3 Å². The fourth-order valence-corrected chi connectivity index (χ4v) is 1.32. The zero-order valence-electron chi connectivity index (χ0n) is 9.59. The summed E-state index contributed by atoms with van der Waals surface area (Å²) in [5, 5.41) is 4.08. The highest BCUT2D eigenvalue weighted by molar-refractivity contribution is 5.95. The average Bonchev–Trinajstić information content (AvgIpc) is 2.39. The Balaban J connectivity index is 2.08. The van der Waals surface area contributed by atoms with Crippen LogP contribution in [0.25, 0.3) is 0 Å². The van der Waals surface area contributed by atoms with Crippen LogP contribution in [0.3, 0.4) is 0 Å². The quantitative estimate of drug-likeness (QED) is 0.478. The summed E-state index contributed by atoms with van der Waals surface area (Å²) in [6, 6.07) is 13.4. The van der Waals surface area contributed by atoms with Gasteiger partial charge in [0.15, 0.2) is 5.84 Å². The lowest BCUT2D eigenvalue weighted by atomic mass is 10.2. The molecule has 2 aromatic rings. The largest absolute Gasteiger partial charge is 0.380 e. The number of pyridine rings is 1. The molecule has 0 aliphatic carbocycles. The first-order valence-corrected chi connectivity index (χ1v) is 5.33. The van der Waals surface area contributed by atoms with Gasteiger partial charge in [0, 0.05) is 6.20 Å². The van der Waals surface area contributed by atoms with Gasteiger partial charge in [-0.05, 0) is 31.2 Å². The first kappa shape index (κ1) is 11.1. The molecule has 1 aromatic carbocycles. The molecule has 86 valence electrons. The number of aryl methyl sites for hydroxylation is 1. The van der Waals surface area contributed by atoms with Gasteiger partial charge in [-0.1, -0.05) is 23.8 Å². The van der Waals surface area contributed by atoms with Gasteiger partial charge in [-0.3, -0.25) is 10.4 Å². The van der Waals surface area contributed by atoms with Crippen molar-refractivity contribution in [3.63, 3.8) is 0 Å². The van der Waals surface area contributed by atoms with Gasteiger partial charge < -0.3 is 5.73 Å². The number of rotatable bonds is 3. The first-order chi connectivity index (χ1) is 8.25. The smallest absolute Gasteiger partial charge is 0.169 e. The molecule has 0 aliphatic heterocycles. The van der Waals surface area contributed by atoms with E-state index in [1.807, 2.05) is 49.4 Å². The van der Waals surface area contributed by atoms with Crippen molar-refractivity contribution >= 4 is 11.5 Å². The lowest BCUT2D eigenvalue weighted by Crippen LogP contribution is -2.16. The predicted octanol–water partition coefficient (Wildman–Crippen LogP) is 2.12. The molecule has 17 heavy (non-hydrogen) atoms. The Morgan fingerprint density at radius 3 is 2.59 bits per heavy atom. The number of hydrogen-bond acceptors (Lipinski definition) is 3. The Hall–Kier alpha value is -2.36. The van der Waals surface area contributed by atoms with Gasteiger partial charge in [0.2, 0.25) is 0 Å². The third-order valence-corrected chi connectivity index (χ3v) is 2.28. The van der Waals surface area contributed by atoms with Gasteiger partial charge in [-0.15, -0.1) is 0 Å². The number of nitrogens with zero attached hydrogens (tertiary/aromatic N) is 2. The van der Waals surface area contributed by atoms with E-state index in [1.165, 1.54) is 5.56 Å². The molecule has 0 atom stereocenters. The summed E-state index contributed by atoms with van der Waals surface area (Å²) < 4.78 is 0. The molecule has 1 aromatic heterocycles. The highest BCUT2D eigenvalue weighted by atomic mass is 15.3. The average molecular weight is 226 g/mol. The van der Waals surface area contributed by atoms with Crippen LogP contribution in [-0.2, 0) is 0 Å². The van der Waals surface area contributed by atoms with E-state index in [9.17, 15) is 0 Å². The summed E-state index contributed by atoms with van der Waals surface area (Å²) >= 11 is 0. The zero-order chi connectivity index (χ0) is 12.1. The number of hydrazone groups is 1. The van der Waals surface area contributed by atoms with Gasteiger partial charge >= 0.3 is 0 Å². The predicted molar refractivity (Wildman–Crippen MR) is 69.8 cm³/mol. The van der Waals surface area contributed by atoms with Crippen molar-refractivity contribution in [2.24, 2.45) is 10.8 Å². The standard InChI is InChI=1S/C13H14N4/c1-10-5-7-11(8-6-10)16-17-13(14)12-4-2-3-9-15-12/h2-9,16H,1H3,(H2,14,17). The molecule has 0 unspecified atom stereocenters. The lowest BCUT2D eigenvalue weighted by molar-refractivity contribution is 1.24. The molecule has 4 nitrogen and oxygen atoms in total. The van der Waals surface area contributed by atoms with E-state index in [1.54, 1.807) is 6.20 Å². The van der Waals surface area contributed by atoms with Gasteiger partial charge in [0.1, 0.15) is 5.69 Å². The second-order valence-electron chi connectivity index (χ2n) is 3.69. The Labute approximate surface area is 100 Å². The minimum Gasteiger partial charge on any atom is -0.380 e. The van der Waals surface area contributed by atoms with Gasteiger partial charge in [0.25, 0.3) is 0 Å². The maximum absolute atomic E-state index is 5.80. The normalized spacial score (nSPS) is 11.2. The number of aromatic nitrogens is 1. The second kappa shape index (κ2) is 5.12. The van der Waals surface area contributed by atoms with Crippen molar-refractivity contribution < 1.29 is 0 Å². The zero-order valence-corrected chi connectivity index (χ0v) is 9.59. The number of amidine groups is 1. The summed E-state index contributed by atoms with van der Waals surface area (Å²) in [4.78, 5) is 4.11. The van der Waals surface area contributed by atoms with Crippen molar-refractivity contribution in [1.29, 1.82) is 0 Å². The molecular formula is C13H14N4. The van der Waals surface area contributed by atoms with Crippen LogP contribution in [0, 0.1) is 6.92 Å². The highest BCUT2D eigenvalue weighted by Crippen LogP contribution is 2.08.